The smallest absolute Gasteiger partial charge is 0.244 e. The van der Waals surface area contributed by atoms with Gasteiger partial charge in [-0.1, -0.05) is 41.0 Å². The van der Waals surface area contributed by atoms with E-state index in [9.17, 15) is 28.8 Å². The number of hydrazine groups is 1. The summed E-state index contributed by atoms with van der Waals surface area (Å²) in [4.78, 5) is 76.3. The van der Waals surface area contributed by atoms with Gasteiger partial charge in [0.2, 0.25) is 29.5 Å². The number of β-lactam (4-membered cyclic amide) rings is 2. The maximum absolute atomic E-state index is 12.9. The molecule has 1 unspecified atom stereocenters. The number of amides is 5. The number of unbranched alkanes of at least 4 members (excludes halogenated alkanes) is 2. The van der Waals surface area contributed by atoms with Crippen molar-refractivity contribution >= 4 is 35.3 Å². The normalized spacial score (nSPS) is 16.2. The Morgan fingerprint density at radius 1 is 0.872 bits per heavy atom. The Labute approximate surface area is 233 Å². The summed E-state index contributed by atoms with van der Waals surface area (Å²) in [6, 6.07) is -0.977. The van der Waals surface area contributed by atoms with Gasteiger partial charge in [0.1, 0.15) is 5.41 Å². The van der Waals surface area contributed by atoms with Gasteiger partial charge in [0, 0.05) is 19.4 Å². The van der Waals surface area contributed by atoms with Crippen LogP contribution in [0, 0.1) is 17.3 Å². The Kier molecular flexibility index (Phi) is 13.8. The molecule has 39 heavy (non-hydrogen) atoms. The molecule has 0 aromatic rings. The van der Waals surface area contributed by atoms with Gasteiger partial charge >= 0.3 is 0 Å². The number of carbonyl (C=O) groups is 6. The monoisotopic (exact) mass is 551 g/mol. The van der Waals surface area contributed by atoms with Crippen LogP contribution < -0.4 is 16.2 Å². The molecular formula is C28H49N5O6. The first-order valence-electron chi connectivity index (χ1n) is 14.1. The molecule has 0 spiro atoms. The quantitative estimate of drug-likeness (QED) is 0.108. The van der Waals surface area contributed by atoms with Crippen LogP contribution in [0.25, 0.3) is 0 Å². The third-order valence-electron chi connectivity index (χ3n) is 7.46. The van der Waals surface area contributed by atoms with E-state index < -0.39 is 17.5 Å². The standard InChI is InChI=1S/C28H49N5O6/c1-9-28(7)26(38)33(27(28)39)17-12-10-11-14-21(35)30-31-22(36)15-13-16-32(8)24(19(4)5)25(37)29-23(18(2)3)20(6)34/h18-19,23-24H,9-17H2,1-8H3,(H,29,37)(H,30,35)(H,31,36)/t23-,24?/m0/s1. The van der Waals surface area contributed by atoms with Gasteiger partial charge in [-0.15, -0.1) is 0 Å². The number of ketones is 1. The molecule has 1 saturated heterocycles. The van der Waals surface area contributed by atoms with Gasteiger partial charge in [0.05, 0.1) is 12.1 Å². The summed E-state index contributed by atoms with van der Waals surface area (Å²) in [5.74, 6) is -1.19. The molecule has 0 bridgehead atoms. The molecule has 1 rings (SSSR count). The third-order valence-corrected chi connectivity index (χ3v) is 7.46. The summed E-state index contributed by atoms with van der Waals surface area (Å²) in [6.45, 7) is 13.5. The number of imide groups is 1. The second kappa shape index (κ2) is 15.7. The van der Waals surface area contributed by atoms with E-state index in [1.165, 1.54) is 11.8 Å². The highest BCUT2D eigenvalue weighted by atomic mass is 16.2. The fraction of sp³-hybridized carbons (Fsp3) is 0.786. The van der Waals surface area contributed by atoms with Crippen molar-refractivity contribution in [3.8, 4) is 0 Å². The van der Waals surface area contributed by atoms with Gasteiger partial charge in [0.25, 0.3) is 0 Å². The average Bonchev–Trinajstić information content (AvgIpc) is 2.86. The Hall–Kier alpha value is -2.82. The second-order valence-electron chi connectivity index (χ2n) is 11.5. The molecule has 2 atom stereocenters. The average molecular weight is 552 g/mol. The van der Waals surface area contributed by atoms with Crippen LogP contribution in [0.5, 0.6) is 0 Å². The zero-order valence-electron chi connectivity index (χ0n) is 25.0. The molecule has 222 valence electrons. The molecule has 0 aliphatic carbocycles. The number of nitrogens with one attached hydrogen (secondary N) is 3. The fourth-order valence-electron chi connectivity index (χ4n) is 4.85. The van der Waals surface area contributed by atoms with Crippen LogP contribution in [0.15, 0.2) is 0 Å². The number of hydrogen-bond donors (Lipinski definition) is 3. The second-order valence-corrected chi connectivity index (χ2v) is 11.5. The molecule has 1 aliphatic heterocycles. The van der Waals surface area contributed by atoms with Crippen molar-refractivity contribution in [2.45, 2.75) is 105 Å². The molecule has 0 saturated carbocycles. The minimum Gasteiger partial charge on any atom is -0.345 e. The highest BCUT2D eigenvalue weighted by Gasteiger charge is 2.55. The first-order valence-corrected chi connectivity index (χ1v) is 14.1. The first-order chi connectivity index (χ1) is 18.2. The molecule has 0 aromatic heterocycles. The van der Waals surface area contributed by atoms with Gasteiger partial charge in [-0.25, -0.2) is 0 Å². The van der Waals surface area contributed by atoms with Crippen LogP contribution in [0.4, 0.5) is 0 Å². The van der Waals surface area contributed by atoms with Gasteiger partial charge < -0.3 is 5.32 Å². The predicted octanol–water partition coefficient (Wildman–Crippen LogP) is 1.95. The lowest BCUT2D eigenvalue weighted by Crippen LogP contribution is -2.64. The van der Waals surface area contributed by atoms with Crippen molar-refractivity contribution in [1.29, 1.82) is 0 Å². The summed E-state index contributed by atoms with van der Waals surface area (Å²) in [7, 11) is 1.82. The van der Waals surface area contributed by atoms with E-state index in [2.05, 4.69) is 16.2 Å². The highest BCUT2D eigenvalue weighted by Crippen LogP contribution is 2.36. The molecule has 1 fully saturated rings. The zero-order valence-corrected chi connectivity index (χ0v) is 25.0. The lowest BCUT2D eigenvalue weighted by atomic mass is 9.77. The molecule has 5 amide bonds. The van der Waals surface area contributed by atoms with Crippen LogP contribution in [0.2, 0.25) is 0 Å². The van der Waals surface area contributed by atoms with Crippen LogP contribution >= 0.6 is 0 Å². The van der Waals surface area contributed by atoms with Crippen molar-refractivity contribution in [1.82, 2.24) is 26.0 Å². The van der Waals surface area contributed by atoms with Crippen molar-refractivity contribution in [2.75, 3.05) is 20.1 Å². The largest absolute Gasteiger partial charge is 0.345 e. The summed E-state index contributed by atoms with van der Waals surface area (Å²) >= 11 is 0. The van der Waals surface area contributed by atoms with Gasteiger partial charge in [-0.2, -0.15) is 0 Å². The summed E-state index contributed by atoms with van der Waals surface area (Å²) in [5.41, 5.74) is 3.96. The van der Waals surface area contributed by atoms with E-state index in [0.29, 0.717) is 45.2 Å². The molecule has 11 heteroatoms. The predicted molar refractivity (Wildman–Crippen MR) is 148 cm³/mol. The van der Waals surface area contributed by atoms with Gasteiger partial charge in [-0.05, 0) is 65.0 Å². The SMILES string of the molecule is CCC1(C)C(=O)N(CCCCCC(=O)NNC(=O)CCCN(C)C(C(=O)N[C@H](C(C)=O)C(C)C)C(C)C)C1=O. The summed E-state index contributed by atoms with van der Waals surface area (Å²) < 4.78 is 0. The zero-order chi connectivity index (χ0) is 29.9. The van der Waals surface area contributed by atoms with Crippen LogP contribution in [0.3, 0.4) is 0 Å². The van der Waals surface area contributed by atoms with Crippen LogP contribution in [-0.4, -0.2) is 77.3 Å². The maximum Gasteiger partial charge on any atom is 0.244 e. The number of likely N-dealkylation sites (tertiary alicyclic amines) is 1. The van der Waals surface area contributed by atoms with E-state index in [0.717, 1.165) is 0 Å². The Bertz CT molecular complexity index is 887. The van der Waals surface area contributed by atoms with E-state index >= 15 is 0 Å². The first kappa shape index (κ1) is 34.2. The Balaban J connectivity index is 2.29. The molecule has 0 radical (unpaired) electrons. The van der Waals surface area contributed by atoms with Crippen LogP contribution in [-0.2, 0) is 28.8 Å². The number of likely N-dealkylation sites (N-methyl/N-ethyl adjacent to an activating group) is 1. The molecule has 1 heterocycles. The highest BCUT2D eigenvalue weighted by molar-refractivity contribution is 6.21. The van der Waals surface area contributed by atoms with E-state index in [4.69, 9.17) is 0 Å². The third kappa shape index (κ3) is 9.70. The topological polar surface area (TPSA) is 145 Å². The summed E-state index contributed by atoms with van der Waals surface area (Å²) in [5, 5.41) is 2.87. The minimum atomic E-state index is -0.869. The van der Waals surface area contributed by atoms with E-state index in [-0.39, 0.29) is 60.0 Å². The van der Waals surface area contributed by atoms with Crippen LogP contribution in [0.1, 0.15) is 93.4 Å². The minimum absolute atomic E-state index is 0.00584. The number of Topliss-reactive ketones (excluding diaryl/α,β-unsaturated/α-hetero) is 1. The molecule has 1 aliphatic rings. The summed E-state index contributed by atoms with van der Waals surface area (Å²) in [6.07, 6.45) is 3.28. The number of nitrogens with zero attached hydrogens (tertiary/aromatic N) is 2. The van der Waals surface area contributed by atoms with Crippen molar-refractivity contribution in [2.24, 2.45) is 17.3 Å². The van der Waals surface area contributed by atoms with E-state index in [1.54, 1.807) is 6.92 Å². The maximum atomic E-state index is 12.9. The molecule has 3 N–H and O–H groups in total. The number of hydrogen-bond acceptors (Lipinski definition) is 7. The lowest BCUT2D eigenvalue weighted by molar-refractivity contribution is -0.175. The number of rotatable bonds is 17. The van der Waals surface area contributed by atoms with Crippen molar-refractivity contribution < 1.29 is 28.8 Å². The Morgan fingerprint density at radius 2 is 1.41 bits per heavy atom. The molecule has 0 aromatic carbocycles. The molecular weight excluding hydrogens is 502 g/mol. The molecule has 11 nitrogen and oxygen atoms in total. The van der Waals surface area contributed by atoms with E-state index in [1.807, 2.05) is 46.6 Å². The Morgan fingerprint density at radius 3 is 1.87 bits per heavy atom. The van der Waals surface area contributed by atoms with Gasteiger partial charge in [-0.3, -0.25) is 49.4 Å². The van der Waals surface area contributed by atoms with Crippen molar-refractivity contribution in [3.05, 3.63) is 0 Å². The number of carbonyl (C=O) groups excluding carboxylic acids is 6. The lowest BCUT2D eigenvalue weighted by Gasteiger charge is -2.43. The van der Waals surface area contributed by atoms with Crippen molar-refractivity contribution in [3.63, 3.8) is 0 Å². The van der Waals surface area contributed by atoms with Gasteiger partial charge in [0.15, 0.2) is 5.78 Å². The fourth-order valence-corrected chi connectivity index (χ4v) is 4.85.